The first-order valence-corrected chi connectivity index (χ1v) is 8.56. The molecule has 0 bridgehead atoms. The van der Waals surface area contributed by atoms with Crippen molar-refractivity contribution in [1.29, 1.82) is 0 Å². The van der Waals surface area contributed by atoms with E-state index in [1.54, 1.807) is 6.08 Å². The second-order valence-electron chi connectivity index (χ2n) is 5.80. The zero-order valence-corrected chi connectivity index (χ0v) is 13.9. The minimum atomic E-state index is -0.816. The van der Waals surface area contributed by atoms with Gasteiger partial charge in [-0.15, -0.1) is 0 Å². The van der Waals surface area contributed by atoms with Crippen molar-refractivity contribution in [3.63, 3.8) is 0 Å². The van der Waals surface area contributed by atoms with Crippen LogP contribution in [0.5, 0.6) is 0 Å². The smallest absolute Gasteiger partial charge is 0.303 e. The quantitative estimate of drug-likeness (QED) is 0.274. The minimum Gasteiger partial charge on any atom is -0.481 e. The van der Waals surface area contributed by atoms with Crippen molar-refractivity contribution in [1.82, 2.24) is 0 Å². The van der Waals surface area contributed by atoms with E-state index in [9.17, 15) is 15.0 Å². The molecule has 0 radical (unpaired) electrons. The fourth-order valence-electron chi connectivity index (χ4n) is 2.21. The highest BCUT2D eigenvalue weighted by molar-refractivity contribution is 5.66. The largest absolute Gasteiger partial charge is 0.481 e. The molecule has 0 spiro atoms. The summed E-state index contributed by atoms with van der Waals surface area (Å²) in [5.74, 6) is -0.816. The van der Waals surface area contributed by atoms with E-state index < -0.39 is 18.2 Å². The molecular weight excluding hydrogens is 296 g/mol. The molecule has 0 saturated heterocycles. The molecule has 23 heavy (non-hydrogen) atoms. The van der Waals surface area contributed by atoms with Gasteiger partial charge in [-0.1, -0.05) is 37.1 Å². The Labute approximate surface area is 139 Å². The Morgan fingerprint density at radius 3 is 2.43 bits per heavy atom. The average Bonchev–Trinajstić information content (AvgIpc) is 2.49. The second kappa shape index (κ2) is 15.7. The number of hydrogen-bond acceptors (Lipinski definition) is 4. The number of aliphatic carboxylic acids is 1. The molecule has 0 aromatic rings. The number of hydrogen-bond donors (Lipinski definition) is 4. The zero-order valence-electron chi connectivity index (χ0n) is 13.9. The van der Waals surface area contributed by atoms with Crippen LogP contribution in [0.3, 0.4) is 0 Å². The van der Waals surface area contributed by atoms with E-state index in [0.717, 1.165) is 32.1 Å². The Balaban J connectivity index is 3.61. The minimum absolute atomic E-state index is 0.126. The predicted molar refractivity (Wildman–Crippen MR) is 91.2 cm³/mol. The van der Waals surface area contributed by atoms with Crippen LogP contribution in [-0.2, 0) is 4.79 Å². The highest BCUT2D eigenvalue weighted by atomic mass is 16.4. The standard InChI is InChI=1S/C18H32O5/c19-14-10-6-4-2-1-3-5-7-11-16(20)15-17(21)12-8-9-13-18(22)23/h1,3,7,11,16-17,19-21H,2,4-6,8-10,12-15H2,(H,22,23)/b3-1-,11-7-/t16-,17-/m1/s1. The van der Waals surface area contributed by atoms with E-state index in [1.807, 2.05) is 12.2 Å². The first-order valence-electron chi connectivity index (χ1n) is 8.56. The molecule has 0 rings (SSSR count). The van der Waals surface area contributed by atoms with E-state index in [-0.39, 0.29) is 19.4 Å². The van der Waals surface area contributed by atoms with Gasteiger partial charge in [0, 0.05) is 19.4 Å². The van der Waals surface area contributed by atoms with Crippen LogP contribution in [0.25, 0.3) is 0 Å². The van der Waals surface area contributed by atoms with Crippen LogP contribution < -0.4 is 0 Å². The van der Waals surface area contributed by atoms with Crippen molar-refractivity contribution in [3.8, 4) is 0 Å². The van der Waals surface area contributed by atoms with Crippen molar-refractivity contribution in [2.24, 2.45) is 0 Å². The molecule has 0 aromatic carbocycles. The number of allylic oxidation sites excluding steroid dienone is 3. The molecule has 0 aliphatic heterocycles. The van der Waals surface area contributed by atoms with Crippen molar-refractivity contribution in [3.05, 3.63) is 24.3 Å². The van der Waals surface area contributed by atoms with Gasteiger partial charge >= 0.3 is 5.97 Å². The van der Waals surface area contributed by atoms with Gasteiger partial charge in [0.15, 0.2) is 0 Å². The second-order valence-corrected chi connectivity index (χ2v) is 5.80. The van der Waals surface area contributed by atoms with Crippen LogP contribution in [0.4, 0.5) is 0 Å². The summed E-state index contributed by atoms with van der Waals surface area (Å²) in [6, 6.07) is 0. The lowest BCUT2D eigenvalue weighted by molar-refractivity contribution is -0.137. The fraction of sp³-hybridized carbons (Fsp3) is 0.722. The summed E-state index contributed by atoms with van der Waals surface area (Å²) in [7, 11) is 0. The molecule has 0 aliphatic rings. The van der Waals surface area contributed by atoms with Gasteiger partial charge in [0.05, 0.1) is 12.2 Å². The van der Waals surface area contributed by atoms with E-state index in [4.69, 9.17) is 10.2 Å². The molecule has 5 heteroatoms. The van der Waals surface area contributed by atoms with E-state index in [2.05, 4.69) is 6.08 Å². The van der Waals surface area contributed by atoms with Gasteiger partial charge in [-0.25, -0.2) is 0 Å². The third-order valence-electron chi connectivity index (χ3n) is 3.52. The average molecular weight is 328 g/mol. The molecule has 5 nitrogen and oxygen atoms in total. The molecule has 0 heterocycles. The molecule has 0 aliphatic carbocycles. The predicted octanol–water partition coefficient (Wildman–Crippen LogP) is 2.80. The topological polar surface area (TPSA) is 98.0 Å². The Morgan fingerprint density at radius 2 is 1.74 bits per heavy atom. The van der Waals surface area contributed by atoms with Crippen LogP contribution in [0, 0.1) is 0 Å². The van der Waals surface area contributed by atoms with Crippen LogP contribution in [0.1, 0.15) is 64.2 Å². The summed E-state index contributed by atoms with van der Waals surface area (Å²) in [5.41, 5.74) is 0. The molecule has 0 fully saturated rings. The lowest BCUT2D eigenvalue weighted by atomic mass is 10.0. The number of aliphatic hydroxyl groups is 3. The summed E-state index contributed by atoms with van der Waals surface area (Å²) in [5, 5.41) is 36.7. The number of carboxylic acids is 1. The van der Waals surface area contributed by atoms with E-state index in [1.165, 1.54) is 0 Å². The van der Waals surface area contributed by atoms with Gasteiger partial charge in [-0.3, -0.25) is 4.79 Å². The van der Waals surface area contributed by atoms with Crippen molar-refractivity contribution >= 4 is 5.97 Å². The highest BCUT2D eigenvalue weighted by Gasteiger charge is 2.09. The van der Waals surface area contributed by atoms with Crippen LogP contribution >= 0.6 is 0 Å². The van der Waals surface area contributed by atoms with Crippen molar-refractivity contribution in [2.45, 2.75) is 76.4 Å². The summed E-state index contributed by atoms with van der Waals surface area (Å²) in [6.07, 6.45) is 13.4. The van der Waals surface area contributed by atoms with E-state index in [0.29, 0.717) is 19.3 Å². The Bertz CT molecular complexity index is 338. The molecule has 0 amide bonds. The van der Waals surface area contributed by atoms with Crippen LogP contribution in [-0.4, -0.2) is 45.2 Å². The van der Waals surface area contributed by atoms with Gasteiger partial charge in [-0.2, -0.15) is 0 Å². The van der Waals surface area contributed by atoms with Gasteiger partial charge in [0.25, 0.3) is 0 Å². The molecule has 2 atom stereocenters. The maximum Gasteiger partial charge on any atom is 0.303 e. The fourth-order valence-corrected chi connectivity index (χ4v) is 2.21. The van der Waals surface area contributed by atoms with Crippen LogP contribution in [0.15, 0.2) is 24.3 Å². The summed E-state index contributed by atoms with van der Waals surface area (Å²) < 4.78 is 0. The molecule has 0 unspecified atom stereocenters. The van der Waals surface area contributed by atoms with Gasteiger partial charge < -0.3 is 20.4 Å². The number of carboxylic acid groups (broad SMARTS) is 1. The first-order chi connectivity index (χ1) is 11.1. The Morgan fingerprint density at radius 1 is 0.957 bits per heavy atom. The van der Waals surface area contributed by atoms with Gasteiger partial charge in [0.1, 0.15) is 0 Å². The molecular formula is C18H32O5. The number of rotatable bonds is 15. The SMILES string of the molecule is O=C(O)CCCC[C@@H](O)C[C@H](O)/C=C\C/C=C\CCCCCO. The normalized spacial score (nSPS) is 14.6. The van der Waals surface area contributed by atoms with Gasteiger partial charge in [-0.05, 0) is 38.5 Å². The zero-order chi connectivity index (χ0) is 17.3. The third-order valence-corrected chi connectivity index (χ3v) is 3.52. The molecule has 4 N–H and O–H groups in total. The maximum absolute atomic E-state index is 10.4. The number of unbranched alkanes of at least 4 members (excludes halogenated alkanes) is 4. The van der Waals surface area contributed by atoms with E-state index >= 15 is 0 Å². The third kappa shape index (κ3) is 17.0. The number of aliphatic hydroxyl groups excluding tert-OH is 3. The van der Waals surface area contributed by atoms with Crippen LogP contribution in [0.2, 0.25) is 0 Å². The highest BCUT2D eigenvalue weighted by Crippen LogP contribution is 2.10. The Hall–Kier alpha value is -1.17. The number of carbonyl (C=O) groups is 1. The Kier molecular flexibility index (Phi) is 14.9. The summed E-state index contributed by atoms with van der Waals surface area (Å²) in [4.78, 5) is 10.4. The lowest BCUT2D eigenvalue weighted by Crippen LogP contribution is -2.15. The molecule has 0 saturated carbocycles. The van der Waals surface area contributed by atoms with Crippen molar-refractivity contribution in [2.75, 3.05) is 6.61 Å². The molecule has 134 valence electrons. The lowest BCUT2D eigenvalue weighted by Gasteiger charge is -2.12. The first kappa shape index (κ1) is 21.8. The molecule has 0 aromatic heterocycles. The van der Waals surface area contributed by atoms with Crippen molar-refractivity contribution < 1.29 is 25.2 Å². The summed E-state index contributed by atoms with van der Waals surface area (Å²) >= 11 is 0. The maximum atomic E-state index is 10.4. The summed E-state index contributed by atoms with van der Waals surface area (Å²) in [6.45, 7) is 0.260. The monoisotopic (exact) mass is 328 g/mol. The van der Waals surface area contributed by atoms with Gasteiger partial charge in [0.2, 0.25) is 0 Å².